The molecule has 0 saturated heterocycles. The summed E-state index contributed by atoms with van der Waals surface area (Å²) in [5.41, 5.74) is 0.730. The van der Waals surface area contributed by atoms with Crippen LogP contribution in [0, 0.1) is 0 Å². The summed E-state index contributed by atoms with van der Waals surface area (Å²) in [5, 5.41) is 0.965. The van der Waals surface area contributed by atoms with Crippen molar-refractivity contribution in [3.05, 3.63) is 50.5 Å². The first-order valence-corrected chi connectivity index (χ1v) is 7.03. The van der Waals surface area contributed by atoms with Gasteiger partial charge in [-0.05, 0) is 28.1 Å². The van der Waals surface area contributed by atoms with Gasteiger partial charge in [-0.1, -0.05) is 29.3 Å². The Balaban J connectivity index is 2.30. The highest BCUT2D eigenvalue weighted by atomic mass is 79.9. The number of aromatic nitrogens is 1. The standard InChI is InChI=1S/C12H7BrCl3NO/c13-8-4-10(16)11(5-9(8)15)18-12-3-1-2-7(6-14)17-12/h1-5H,6H2. The van der Waals surface area contributed by atoms with E-state index in [2.05, 4.69) is 20.9 Å². The second kappa shape index (κ2) is 6.11. The summed E-state index contributed by atoms with van der Waals surface area (Å²) in [4.78, 5) is 4.21. The van der Waals surface area contributed by atoms with Crippen molar-refractivity contribution in [2.75, 3.05) is 0 Å². The number of pyridine rings is 1. The molecule has 0 bridgehead atoms. The van der Waals surface area contributed by atoms with Crippen molar-refractivity contribution >= 4 is 50.7 Å². The van der Waals surface area contributed by atoms with E-state index in [4.69, 9.17) is 39.5 Å². The molecule has 0 aliphatic heterocycles. The second-order valence-corrected chi connectivity index (χ2v) is 5.34. The first kappa shape index (κ1) is 13.9. The third kappa shape index (κ3) is 3.29. The molecule has 0 radical (unpaired) electrons. The van der Waals surface area contributed by atoms with Crippen LogP contribution < -0.4 is 4.74 Å². The molecule has 6 heteroatoms. The number of ether oxygens (including phenoxy) is 1. The predicted octanol–water partition coefficient (Wildman–Crippen LogP) is 5.68. The van der Waals surface area contributed by atoms with Crippen molar-refractivity contribution in [1.82, 2.24) is 4.98 Å². The van der Waals surface area contributed by atoms with Crippen molar-refractivity contribution in [3.63, 3.8) is 0 Å². The van der Waals surface area contributed by atoms with Crippen molar-refractivity contribution in [2.24, 2.45) is 0 Å². The molecule has 18 heavy (non-hydrogen) atoms. The van der Waals surface area contributed by atoms with Crippen molar-refractivity contribution in [2.45, 2.75) is 5.88 Å². The van der Waals surface area contributed by atoms with E-state index >= 15 is 0 Å². The fraction of sp³-hybridized carbons (Fsp3) is 0.0833. The highest BCUT2D eigenvalue weighted by Gasteiger charge is 2.08. The Hall–Kier alpha value is -0.480. The first-order chi connectivity index (χ1) is 8.60. The number of hydrogen-bond donors (Lipinski definition) is 0. The topological polar surface area (TPSA) is 22.1 Å². The van der Waals surface area contributed by atoms with Gasteiger partial charge >= 0.3 is 0 Å². The Bertz CT molecular complexity index is 577. The van der Waals surface area contributed by atoms with Crippen LogP contribution >= 0.6 is 50.7 Å². The maximum absolute atomic E-state index is 6.06. The lowest BCUT2D eigenvalue weighted by Gasteiger charge is -2.08. The van der Waals surface area contributed by atoms with Gasteiger partial charge in [-0.25, -0.2) is 4.98 Å². The van der Waals surface area contributed by atoms with E-state index in [1.807, 2.05) is 12.1 Å². The summed E-state index contributed by atoms with van der Waals surface area (Å²) in [6.07, 6.45) is 0. The van der Waals surface area contributed by atoms with E-state index in [1.165, 1.54) is 0 Å². The molecule has 0 spiro atoms. The first-order valence-electron chi connectivity index (χ1n) is 4.94. The molecule has 0 amide bonds. The molecule has 2 rings (SSSR count). The van der Waals surface area contributed by atoms with E-state index in [0.29, 0.717) is 32.0 Å². The maximum atomic E-state index is 6.06. The van der Waals surface area contributed by atoms with Crippen molar-refractivity contribution in [3.8, 4) is 11.6 Å². The van der Waals surface area contributed by atoms with Crippen LogP contribution in [-0.2, 0) is 5.88 Å². The lowest BCUT2D eigenvalue weighted by atomic mass is 10.3. The van der Waals surface area contributed by atoms with Gasteiger partial charge in [-0.3, -0.25) is 0 Å². The Morgan fingerprint density at radius 3 is 2.67 bits per heavy atom. The second-order valence-electron chi connectivity index (χ2n) is 3.40. The molecule has 0 saturated carbocycles. The van der Waals surface area contributed by atoms with Gasteiger partial charge in [0.1, 0.15) is 5.75 Å². The maximum Gasteiger partial charge on any atom is 0.219 e. The smallest absolute Gasteiger partial charge is 0.219 e. The molecule has 1 aromatic heterocycles. The Morgan fingerprint density at radius 2 is 1.94 bits per heavy atom. The van der Waals surface area contributed by atoms with Gasteiger partial charge < -0.3 is 4.74 Å². The van der Waals surface area contributed by atoms with Crippen LogP contribution in [0.1, 0.15) is 5.69 Å². The van der Waals surface area contributed by atoms with Gasteiger partial charge in [0.15, 0.2) is 0 Å². The van der Waals surface area contributed by atoms with Crippen LogP contribution in [0.3, 0.4) is 0 Å². The number of halogens is 4. The Kier molecular flexibility index (Phi) is 4.73. The number of benzene rings is 1. The predicted molar refractivity (Wildman–Crippen MR) is 78.0 cm³/mol. The molecular formula is C12H7BrCl3NO. The summed E-state index contributed by atoms with van der Waals surface area (Å²) in [6.45, 7) is 0. The summed E-state index contributed by atoms with van der Waals surface area (Å²) in [6, 6.07) is 8.65. The van der Waals surface area contributed by atoms with Crippen molar-refractivity contribution < 1.29 is 4.74 Å². The molecule has 0 unspecified atom stereocenters. The lowest BCUT2D eigenvalue weighted by Crippen LogP contribution is -1.92. The minimum Gasteiger partial charge on any atom is -0.437 e. The Labute approximate surface area is 128 Å². The van der Waals surface area contributed by atoms with E-state index in [-0.39, 0.29) is 0 Å². The molecule has 0 aliphatic carbocycles. The van der Waals surface area contributed by atoms with E-state index in [0.717, 1.165) is 5.69 Å². The third-order valence-corrected chi connectivity index (χ3v) is 3.87. The van der Waals surface area contributed by atoms with Crippen LogP contribution in [0.15, 0.2) is 34.8 Å². The largest absolute Gasteiger partial charge is 0.437 e. The minimum atomic E-state index is 0.325. The zero-order chi connectivity index (χ0) is 13.1. The monoisotopic (exact) mass is 365 g/mol. The van der Waals surface area contributed by atoms with Crippen LogP contribution in [0.5, 0.6) is 11.6 Å². The lowest BCUT2D eigenvalue weighted by molar-refractivity contribution is 0.461. The normalized spacial score (nSPS) is 10.4. The summed E-state index contributed by atoms with van der Waals surface area (Å²) < 4.78 is 6.29. The average Bonchev–Trinajstić information content (AvgIpc) is 2.36. The summed E-state index contributed by atoms with van der Waals surface area (Å²) in [7, 11) is 0. The zero-order valence-electron chi connectivity index (χ0n) is 8.96. The average molecular weight is 367 g/mol. The van der Waals surface area contributed by atoms with E-state index < -0.39 is 0 Å². The SMILES string of the molecule is ClCc1cccc(Oc2cc(Cl)c(Br)cc2Cl)n1. The molecule has 1 aromatic carbocycles. The molecule has 0 N–H and O–H groups in total. The molecule has 1 heterocycles. The quantitative estimate of drug-likeness (QED) is 0.514. The van der Waals surface area contributed by atoms with Crippen LogP contribution in [0.4, 0.5) is 0 Å². The number of hydrogen-bond acceptors (Lipinski definition) is 2. The zero-order valence-corrected chi connectivity index (χ0v) is 12.8. The number of rotatable bonds is 3. The molecule has 0 aliphatic rings. The van der Waals surface area contributed by atoms with Gasteiger partial charge in [0.05, 0.1) is 21.6 Å². The van der Waals surface area contributed by atoms with Gasteiger partial charge in [0, 0.05) is 16.6 Å². The van der Waals surface area contributed by atoms with Gasteiger partial charge in [0.2, 0.25) is 5.88 Å². The number of nitrogens with zero attached hydrogens (tertiary/aromatic N) is 1. The van der Waals surface area contributed by atoms with E-state index in [1.54, 1.807) is 18.2 Å². The highest BCUT2D eigenvalue weighted by molar-refractivity contribution is 9.10. The molecule has 2 aromatic rings. The Morgan fingerprint density at radius 1 is 1.17 bits per heavy atom. The third-order valence-electron chi connectivity index (χ3n) is 2.11. The molecule has 0 fully saturated rings. The molecule has 94 valence electrons. The van der Waals surface area contributed by atoms with Crippen LogP contribution in [0.2, 0.25) is 10.0 Å². The van der Waals surface area contributed by atoms with Crippen molar-refractivity contribution in [1.29, 1.82) is 0 Å². The van der Waals surface area contributed by atoms with Gasteiger partial charge in [-0.2, -0.15) is 0 Å². The fourth-order valence-corrected chi connectivity index (χ4v) is 2.26. The number of alkyl halides is 1. The van der Waals surface area contributed by atoms with E-state index in [9.17, 15) is 0 Å². The summed E-state index contributed by atoms with van der Waals surface area (Å²) in [5.74, 6) is 1.20. The highest BCUT2D eigenvalue weighted by Crippen LogP contribution is 2.36. The molecule has 2 nitrogen and oxygen atoms in total. The summed E-state index contributed by atoms with van der Waals surface area (Å²) >= 11 is 21.0. The molecular weight excluding hydrogens is 360 g/mol. The molecule has 0 atom stereocenters. The fourth-order valence-electron chi connectivity index (χ4n) is 1.28. The minimum absolute atomic E-state index is 0.325. The van der Waals surface area contributed by atoms with Gasteiger partial charge in [-0.15, -0.1) is 11.6 Å². The van der Waals surface area contributed by atoms with Crippen LogP contribution in [0.25, 0.3) is 0 Å². The van der Waals surface area contributed by atoms with Crippen LogP contribution in [-0.4, -0.2) is 4.98 Å². The van der Waals surface area contributed by atoms with Gasteiger partial charge in [0.25, 0.3) is 0 Å².